The average molecular weight is 344 g/mol. The summed E-state index contributed by atoms with van der Waals surface area (Å²) in [5.41, 5.74) is 3.55. The lowest BCUT2D eigenvalue weighted by atomic mass is 10.1. The third-order valence-corrected chi connectivity index (χ3v) is 4.13. The van der Waals surface area contributed by atoms with Gasteiger partial charge in [0.05, 0.1) is 0 Å². The zero-order valence-corrected chi connectivity index (χ0v) is 14.8. The lowest BCUT2D eigenvalue weighted by molar-refractivity contribution is 0.0993. The molecule has 130 valence electrons. The molecular weight excluding hydrogens is 324 g/mol. The highest BCUT2D eigenvalue weighted by Gasteiger charge is 2.15. The number of carbonyl (C=O) groups is 2. The molecule has 0 fully saturated rings. The van der Waals surface area contributed by atoms with E-state index in [1.54, 1.807) is 36.2 Å². The molecule has 0 aliphatic rings. The first-order chi connectivity index (χ1) is 12.5. The van der Waals surface area contributed by atoms with Crippen LogP contribution in [0.3, 0.4) is 0 Å². The highest BCUT2D eigenvalue weighted by molar-refractivity contribution is 6.09. The minimum absolute atomic E-state index is 0.166. The van der Waals surface area contributed by atoms with Crippen molar-refractivity contribution in [2.24, 2.45) is 0 Å². The van der Waals surface area contributed by atoms with Gasteiger partial charge in [-0.25, -0.2) is 0 Å². The van der Waals surface area contributed by atoms with Crippen molar-refractivity contribution in [1.29, 1.82) is 0 Å². The van der Waals surface area contributed by atoms with Crippen LogP contribution in [-0.2, 0) is 0 Å². The van der Waals surface area contributed by atoms with Crippen molar-refractivity contribution in [2.45, 2.75) is 6.92 Å². The summed E-state index contributed by atoms with van der Waals surface area (Å²) in [7, 11) is 1.72. The number of nitrogens with one attached hydrogen (secondary N) is 1. The Morgan fingerprint density at radius 2 is 1.46 bits per heavy atom. The third kappa shape index (κ3) is 3.98. The number of benzene rings is 3. The molecule has 0 aliphatic heterocycles. The van der Waals surface area contributed by atoms with E-state index in [-0.39, 0.29) is 11.8 Å². The van der Waals surface area contributed by atoms with Crippen molar-refractivity contribution in [1.82, 2.24) is 0 Å². The number of nitrogens with zero attached hydrogens (tertiary/aromatic N) is 1. The van der Waals surface area contributed by atoms with Gasteiger partial charge in [-0.15, -0.1) is 0 Å². The Balaban J connectivity index is 1.78. The van der Waals surface area contributed by atoms with Gasteiger partial charge in [0, 0.05) is 29.5 Å². The van der Waals surface area contributed by atoms with Gasteiger partial charge in [0.25, 0.3) is 11.8 Å². The molecule has 0 aliphatic carbocycles. The molecule has 0 saturated heterocycles. The maximum absolute atomic E-state index is 12.7. The second kappa shape index (κ2) is 7.66. The number of aryl methyl sites for hydroxylation is 1. The van der Waals surface area contributed by atoms with Gasteiger partial charge < -0.3 is 10.2 Å². The molecule has 0 bridgehead atoms. The van der Waals surface area contributed by atoms with Crippen LogP contribution in [0.5, 0.6) is 0 Å². The molecule has 26 heavy (non-hydrogen) atoms. The van der Waals surface area contributed by atoms with Crippen molar-refractivity contribution >= 4 is 23.2 Å². The van der Waals surface area contributed by atoms with Gasteiger partial charge in [0.15, 0.2) is 0 Å². The second-order valence-electron chi connectivity index (χ2n) is 6.10. The van der Waals surface area contributed by atoms with Crippen LogP contribution in [0.2, 0.25) is 0 Å². The van der Waals surface area contributed by atoms with Crippen LogP contribution >= 0.6 is 0 Å². The van der Waals surface area contributed by atoms with Crippen LogP contribution in [0, 0.1) is 6.92 Å². The molecule has 0 aromatic heterocycles. The van der Waals surface area contributed by atoms with Crippen LogP contribution in [0.1, 0.15) is 26.3 Å². The summed E-state index contributed by atoms with van der Waals surface area (Å²) < 4.78 is 0. The molecule has 2 amide bonds. The molecule has 4 heteroatoms. The van der Waals surface area contributed by atoms with Gasteiger partial charge >= 0.3 is 0 Å². The number of carbonyl (C=O) groups excluding carboxylic acids is 2. The predicted octanol–water partition coefficient (Wildman–Crippen LogP) is 4.52. The Bertz CT molecular complexity index is 918. The quantitative estimate of drug-likeness (QED) is 0.756. The van der Waals surface area contributed by atoms with E-state index in [0.717, 1.165) is 16.9 Å². The summed E-state index contributed by atoms with van der Waals surface area (Å²) in [6, 6.07) is 23.7. The third-order valence-electron chi connectivity index (χ3n) is 4.13. The zero-order valence-electron chi connectivity index (χ0n) is 14.8. The molecule has 1 N–H and O–H groups in total. The maximum atomic E-state index is 12.7. The molecule has 3 aromatic carbocycles. The maximum Gasteiger partial charge on any atom is 0.258 e. The molecule has 4 nitrogen and oxygen atoms in total. The number of hydrogen-bond donors (Lipinski definition) is 1. The van der Waals surface area contributed by atoms with E-state index in [1.165, 1.54) is 0 Å². The van der Waals surface area contributed by atoms with Crippen molar-refractivity contribution in [3.8, 4) is 0 Å². The van der Waals surface area contributed by atoms with E-state index >= 15 is 0 Å². The molecular formula is C22H20N2O2. The second-order valence-corrected chi connectivity index (χ2v) is 6.10. The van der Waals surface area contributed by atoms with Crippen molar-refractivity contribution in [3.63, 3.8) is 0 Å². The summed E-state index contributed by atoms with van der Waals surface area (Å²) >= 11 is 0. The number of amides is 2. The van der Waals surface area contributed by atoms with Crippen LogP contribution in [-0.4, -0.2) is 18.9 Å². The van der Waals surface area contributed by atoms with E-state index < -0.39 is 0 Å². The molecule has 0 heterocycles. The van der Waals surface area contributed by atoms with Crippen LogP contribution in [0.25, 0.3) is 0 Å². The Kier molecular flexibility index (Phi) is 5.13. The minimum atomic E-state index is -0.245. The topological polar surface area (TPSA) is 49.4 Å². The number of para-hydroxylation sites is 1. The standard InChI is InChI=1S/C22H20N2O2/c1-16-11-13-19(14-12-16)23-21(25)17-7-6-8-18(15-17)22(26)24(2)20-9-4-3-5-10-20/h3-15H,1-2H3,(H,23,25). The fourth-order valence-electron chi connectivity index (χ4n) is 2.60. The number of anilines is 2. The van der Waals surface area contributed by atoms with E-state index in [2.05, 4.69) is 5.32 Å². The summed E-state index contributed by atoms with van der Waals surface area (Å²) in [6.45, 7) is 1.99. The van der Waals surface area contributed by atoms with Gasteiger partial charge in [0.2, 0.25) is 0 Å². The van der Waals surface area contributed by atoms with Crippen molar-refractivity contribution in [3.05, 3.63) is 95.6 Å². The first-order valence-electron chi connectivity index (χ1n) is 8.36. The molecule has 3 rings (SSSR count). The Hall–Kier alpha value is -3.40. The van der Waals surface area contributed by atoms with Gasteiger partial charge in [-0.3, -0.25) is 9.59 Å². The van der Waals surface area contributed by atoms with E-state index in [0.29, 0.717) is 11.1 Å². The van der Waals surface area contributed by atoms with Crippen molar-refractivity contribution in [2.75, 3.05) is 17.3 Å². The first kappa shape index (κ1) is 17.4. The molecule has 0 unspecified atom stereocenters. The number of rotatable bonds is 4. The zero-order chi connectivity index (χ0) is 18.5. The SMILES string of the molecule is Cc1ccc(NC(=O)c2cccc(C(=O)N(C)c3ccccc3)c2)cc1. The van der Waals surface area contributed by atoms with Gasteiger partial charge in [-0.05, 0) is 49.4 Å². The molecule has 3 aromatic rings. The van der Waals surface area contributed by atoms with Crippen LogP contribution in [0.15, 0.2) is 78.9 Å². The van der Waals surface area contributed by atoms with E-state index in [4.69, 9.17) is 0 Å². The highest BCUT2D eigenvalue weighted by atomic mass is 16.2. The summed E-state index contributed by atoms with van der Waals surface area (Å²) in [4.78, 5) is 26.8. The molecule has 0 saturated carbocycles. The largest absolute Gasteiger partial charge is 0.322 e. The fourth-order valence-corrected chi connectivity index (χ4v) is 2.60. The van der Waals surface area contributed by atoms with Crippen molar-refractivity contribution < 1.29 is 9.59 Å². The lowest BCUT2D eigenvalue weighted by Crippen LogP contribution is -2.26. The van der Waals surface area contributed by atoms with Gasteiger partial charge in [-0.1, -0.05) is 42.0 Å². The normalized spacial score (nSPS) is 10.2. The summed E-state index contributed by atoms with van der Waals surface area (Å²) in [6.07, 6.45) is 0. The smallest absolute Gasteiger partial charge is 0.258 e. The Labute approximate surface area is 153 Å². The molecule has 0 radical (unpaired) electrons. The highest BCUT2D eigenvalue weighted by Crippen LogP contribution is 2.17. The summed E-state index contributed by atoms with van der Waals surface area (Å²) in [5, 5.41) is 2.85. The minimum Gasteiger partial charge on any atom is -0.322 e. The van der Waals surface area contributed by atoms with Crippen LogP contribution < -0.4 is 10.2 Å². The first-order valence-corrected chi connectivity index (χ1v) is 8.36. The van der Waals surface area contributed by atoms with E-state index in [1.807, 2.05) is 61.5 Å². The average Bonchev–Trinajstić information content (AvgIpc) is 2.69. The molecule has 0 atom stereocenters. The van der Waals surface area contributed by atoms with Crippen LogP contribution in [0.4, 0.5) is 11.4 Å². The molecule has 0 spiro atoms. The predicted molar refractivity (Wildman–Crippen MR) is 105 cm³/mol. The van der Waals surface area contributed by atoms with Gasteiger partial charge in [-0.2, -0.15) is 0 Å². The monoisotopic (exact) mass is 344 g/mol. The van der Waals surface area contributed by atoms with E-state index in [9.17, 15) is 9.59 Å². The number of hydrogen-bond acceptors (Lipinski definition) is 2. The fraction of sp³-hybridized carbons (Fsp3) is 0.0909. The Morgan fingerprint density at radius 3 is 2.15 bits per heavy atom. The summed E-state index contributed by atoms with van der Waals surface area (Å²) in [5.74, 6) is -0.410. The Morgan fingerprint density at radius 1 is 0.808 bits per heavy atom. The van der Waals surface area contributed by atoms with Gasteiger partial charge in [0.1, 0.15) is 0 Å². The lowest BCUT2D eigenvalue weighted by Gasteiger charge is -2.17.